The summed E-state index contributed by atoms with van der Waals surface area (Å²) in [6, 6.07) is 25.3. The number of carbonyl (C=O) groups is 4. The lowest BCUT2D eigenvalue weighted by Crippen LogP contribution is -2.43. The van der Waals surface area contributed by atoms with Crippen molar-refractivity contribution < 1.29 is 29.0 Å². The highest BCUT2D eigenvalue weighted by Crippen LogP contribution is 2.59. The Morgan fingerprint density at radius 2 is 1.24 bits per heavy atom. The van der Waals surface area contributed by atoms with Gasteiger partial charge in [-0.3, -0.25) is 29.0 Å². The summed E-state index contributed by atoms with van der Waals surface area (Å²) in [6.07, 6.45) is 2.71. The van der Waals surface area contributed by atoms with Crippen LogP contribution >= 0.6 is 0 Å². The maximum Gasteiger partial charge on any atom is 0.238 e. The van der Waals surface area contributed by atoms with Crippen molar-refractivity contribution in [1.29, 1.82) is 0 Å². The summed E-state index contributed by atoms with van der Waals surface area (Å²) in [5, 5.41) is 9.46. The van der Waals surface area contributed by atoms with Gasteiger partial charge >= 0.3 is 0 Å². The molecule has 1 N–H and O–H groups in total. The number of fused-ring (bicyclic) bond motifs is 4. The maximum absolute atomic E-state index is 14.2. The van der Waals surface area contributed by atoms with Crippen LogP contribution in [-0.2, 0) is 19.2 Å². The molecule has 0 spiro atoms. The minimum Gasteiger partial charge on any atom is -0.491 e. The van der Waals surface area contributed by atoms with Gasteiger partial charge in [0.1, 0.15) is 12.4 Å². The molecule has 2 saturated heterocycles. The number of benzene rings is 3. The summed E-state index contributed by atoms with van der Waals surface area (Å²) < 4.78 is 5.92. The molecule has 2 heterocycles. The number of anilines is 2. The van der Waals surface area contributed by atoms with Crippen LogP contribution in [0.25, 0.3) is 0 Å². The first-order valence-corrected chi connectivity index (χ1v) is 14.4. The summed E-state index contributed by atoms with van der Waals surface area (Å²) in [7, 11) is 0. The fourth-order valence-electron chi connectivity index (χ4n) is 7.62. The summed E-state index contributed by atoms with van der Waals surface area (Å²) in [5.41, 5.74) is 2.70. The monoisotopic (exact) mass is 562 g/mol. The third-order valence-corrected chi connectivity index (χ3v) is 9.28. The Kier molecular flexibility index (Phi) is 6.50. The van der Waals surface area contributed by atoms with Crippen LogP contribution in [0.1, 0.15) is 24.3 Å². The number of amides is 4. The second-order valence-electron chi connectivity index (χ2n) is 11.3. The average molecular weight is 563 g/mol. The number of para-hydroxylation sites is 3. The Labute approximate surface area is 243 Å². The van der Waals surface area contributed by atoms with Crippen LogP contribution < -0.4 is 14.5 Å². The number of ether oxygens (including phenoxy) is 1. The van der Waals surface area contributed by atoms with Gasteiger partial charge in [0, 0.05) is 11.5 Å². The molecule has 0 aromatic heterocycles. The van der Waals surface area contributed by atoms with Gasteiger partial charge in [0.2, 0.25) is 23.6 Å². The molecule has 1 saturated carbocycles. The van der Waals surface area contributed by atoms with Crippen molar-refractivity contribution in [2.45, 2.75) is 18.8 Å². The van der Waals surface area contributed by atoms with Crippen molar-refractivity contribution in [3.05, 3.63) is 102 Å². The van der Waals surface area contributed by atoms with Gasteiger partial charge in [-0.2, -0.15) is 0 Å². The predicted octanol–water partition coefficient (Wildman–Crippen LogP) is 4.10. The van der Waals surface area contributed by atoms with Gasteiger partial charge in [-0.25, -0.2) is 0 Å². The molecule has 8 nitrogen and oxygen atoms in total. The first kappa shape index (κ1) is 26.3. The van der Waals surface area contributed by atoms with Crippen LogP contribution in [0, 0.1) is 29.6 Å². The second-order valence-corrected chi connectivity index (χ2v) is 11.3. The first-order valence-electron chi connectivity index (χ1n) is 14.4. The first-order chi connectivity index (χ1) is 20.5. The summed E-state index contributed by atoms with van der Waals surface area (Å²) in [4.78, 5) is 58.5. The Bertz CT molecular complexity index is 1600. The van der Waals surface area contributed by atoms with Gasteiger partial charge in [0.15, 0.2) is 0 Å². The Hall–Kier alpha value is -4.56. The number of carbonyl (C=O) groups excluding carboxylic acids is 4. The number of aliphatic hydroxyl groups is 1. The zero-order chi connectivity index (χ0) is 29.0. The van der Waals surface area contributed by atoms with Gasteiger partial charge in [-0.15, -0.1) is 0 Å². The minimum absolute atomic E-state index is 0.0764. The molecule has 7 rings (SSSR count). The molecule has 0 unspecified atom stereocenters. The number of nitrogens with zero attached hydrogens (tertiary/aromatic N) is 2. The molecule has 0 radical (unpaired) electrons. The normalized spacial score (nSPS) is 28.4. The molecule has 6 atom stereocenters. The number of imide groups is 2. The van der Waals surface area contributed by atoms with Crippen molar-refractivity contribution in [3.8, 4) is 5.75 Å². The molecule has 2 aliphatic heterocycles. The average Bonchev–Trinajstić information content (AvgIpc) is 3.43. The molecule has 0 bridgehead atoms. The number of hydrogen-bond donors (Lipinski definition) is 1. The van der Waals surface area contributed by atoms with Crippen LogP contribution in [0.4, 0.5) is 11.4 Å². The van der Waals surface area contributed by atoms with E-state index in [1.54, 1.807) is 54.6 Å². The lowest BCUT2D eigenvalue weighted by Gasteiger charge is -2.44. The van der Waals surface area contributed by atoms with Crippen LogP contribution in [0.15, 0.2) is 96.6 Å². The van der Waals surface area contributed by atoms with Crippen molar-refractivity contribution in [3.63, 3.8) is 0 Å². The van der Waals surface area contributed by atoms with Gasteiger partial charge < -0.3 is 9.84 Å². The van der Waals surface area contributed by atoms with Gasteiger partial charge in [-0.05, 0) is 49.1 Å². The van der Waals surface area contributed by atoms with Crippen molar-refractivity contribution in [2.75, 3.05) is 23.0 Å². The van der Waals surface area contributed by atoms with E-state index in [1.165, 1.54) is 9.80 Å². The lowest BCUT2D eigenvalue weighted by atomic mass is 9.57. The summed E-state index contributed by atoms with van der Waals surface area (Å²) >= 11 is 0. The van der Waals surface area contributed by atoms with Crippen molar-refractivity contribution in [2.24, 2.45) is 29.6 Å². The van der Waals surface area contributed by atoms with E-state index in [1.807, 2.05) is 36.4 Å². The van der Waals surface area contributed by atoms with E-state index in [0.717, 1.165) is 11.1 Å². The SMILES string of the molecule is O=C1[C@H]2[C@H](CC=C3[C@H]2C[C@H]2C(=O)N(c4ccccc4)C(=O)[C@H]2[C@H]3c2ccccc2OCCO)C(=O)N1c1ccccc1. The number of hydrogen-bond acceptors (Lipinski definition) is 6. The maximum atomic E-state index is 14.2. The van der Waals surface area contributed by atoms with E-state index in [9.17, 15) is 24.3 Å². The number of rotatable bonds is 6. The van der Waals surface area contributed by atoms with Gasteiger partial charge in [0.05, 0.1) is 41.7 Å². The molecular weight excluding hydrogens is 532 g/mol. The highest BCUT2D eigenvalue weighted by atomic mass is 16.5. The van der Waals surface area contributed by atoms with E-state index in [0.29, 0.717) is 30.0 Å². The molecule has 2 aliphatic carbocycles. The van der Waals surface area contributed by atoms with Crippen LogP contribution in [0.2, 0.25) is 0 Å². The highest BCUT2D eigenvalue weighted by molar-refractivity contribution is 6.24. The number of allylic oxidation sites excluding steroid dienone is 2. The summed E-state index contributed by atoms with van der Waals surface area (Å²) in [5.74, 6) is -3.94. The van der Waals surface area contributed by atoms with E-state index >= 15 is 0 Å². The minimum atomic E-state index is -0.687. The third-order valence-electron chi connectivity index (χ3n) is 9.28. The van der Waals surface area contributed by atoms with Gasteiger partial charge in [-0.1, -0.05) is 66.2 Å². The Balaban J connectivity index is 1.35. The van der Waals surface area contributed by atoms with Gasteiger partial charge in [0.25, 0.3) is 0 Å². The fraction of sp³-hybridized carbons (Fsp3) is 0.294. The van der Waals surface area contributed by atoms with Crippen LogP contribution in [0.3, 0.4) is 0 Å². The van der Waals surface area contributed by atoms with Crippen LogP contribution in [0.5, 0.6) is 5.75 Å². The van der Waals surface area contributed by atoms with E-state index in [2.05, 4.69) is 0 Å². The molecule has 42 heavy (non-hydrogen) atoms. The smallest absolute Gasteiger partial charge is 0.238 e. The Morgan fingerprint density at radius 1 is 0.667 bits per heavy atom. The lowest BCUT2D eigenvalue weighted by molar-refractivity contribution is -0.126. The molecule has 4 aliphatic rings. The second kappa shape index (κ2) is 10.4. The quantitative estimate of drug-likeness (QED) is 0.358. The molecule has 212 valence electrons. The van der Waals surface area contributed by atoms with E-state index in [4.69, 9.17) is 4.74 Å². The zero-order valence-corrected chi connectivity index (χ0v) is 22.8. The molecule has 3 fully saturated rings. The van der Waals surface area contributed by atoms with E-state index in [-0.39, 0.29) is 36.8 Å². The topological polar surface area (TPSA) is 104 Å². The molecule has 8 heteroatoms. The molecule has 3 aromatic carbocycles. The van der Waals surface area contributed by atoms with E-state index < -0.39 is 35.5 Å². The molecular formula is C34H30N2O6. The largest absolute Gasteiger partial charge is 0.491 e. The Morgan fingerprint density at radius 3 is 1.88 bits per heavy atom. The fourth-order valence-corrected chi connectivity index (χ4v) is 7.62. The zero-order valence-electron chi connectivity index (χ0n) is 22.8. The van der Waals surface area contributed by atoms with Crippen molar-refractivity contribution >= 4 is 35.0 Å². The number of aliphatic hydroxyl groups excluding tert-OH is 1. The molecule has 4 amide bonds. The standard InChI is InChI=1S/C34H30N2O6/c37-17-18-42-27-14-8-7-13-23(27)28-22-15-16-24-29(33(40)35(31(24)38)20-9-3-1-4-10-20)25(22)19-26-30(28)34(41)36(32(26)39)21-11-5-2-6-12-21/h1-15,24-26,28-30,37H,16-19H2/t24-,25+,26+,28+,29-,30+/m0/s1. The summed E-state index contributed by atoms with van der Waals surface area (Å²) in [6.45, 7) is -0.0989. The third kappa shape index (κ3) is 3.93. The van der Waals surface area contributed by atoms with Crippen molar-refractivity contribution in [1.82, 2.24) is 0 Å². The molecule has 3 aromatic rings. The van der Waals surface area contributed by atoms with Crippen LogP contribution in [-0.4, -0.2) is 41.9 Å². The predicted molar refractivity (Wildman–Crippen MR) is 154 cm³/mol. The highest BCUT2D eigenvalue weighted by Gasteiger charge is 2.62.